The predicted molar refractivity (Wildman–Crippen MR) is 99.1 cm³/mol. The highest BCUT2D eigenvalue weighted by atomic mass is 16.2. The molecule has 2 aromatic carbocycles. The molecule has 2 aromatic rings. The van der Waals surface area contributed by atoms with Crippen molar-refractivity contribution in [2.45, 2.75) is 38.9 Å². The van der Waals surface area contributed by atoms with Crippen molar-refractivity contribution in [3.8, 4) is 0 Å². The van der Waals surface area contributed by atoms with Crippen LogP contribution in [0.15, 0.2) is 60.7 Å². The second-order valence-electron chi connectivity index (χ2n) is 6.26. The van der Waals surface area contributed by atoms with Crippen molar-refractivity contribution < 1.29 is 9.59 Å². The molecular weight excluding hydrogens is 314 g/mol. The number of carbonyl (C=O) groups excluding carboxylic acids is 2. The van der Waals surface area contributed by atoms with Crippen LogP contribution in [-0.2, 0) is 4.79 Å². The van der Waals surface area contributed by atoms with Gasteiger partial charge in [-0.15, -0.1) is 0 Å². The molecule has 0 heterocycles. The van der Waals surface area contributed by atoms with E-state index in [0.29, 0.717) is 0 Å². The van der Waals surface area contributed by atoms with Crippen LogP contribution < -0.4 is 16.0 Å². The molecule has 5 heteroatoms. The maximum absolute atomic E-state index is 12.3. The Labute approximate surface area is 148 Å². The molecule has 5 nitrogen and oxygen atoms in total. The first-order valence-electron chi connectivity index (χ1n) is 8.44. The number of benzene rings is 2. The molecule has 132 valence electrons. The Morgan fingerprint density at radius 3 is 1.72 bits per heavy atom. The van der Waals surface area contributed by atoms with Gasteiger partial charge in [0.25, 0.3) is 0 Å². The SMILES string of the molecule is CC(C)NC(=O)NC(=O)[C@@H](C)NC(c1ccccc1)c1ccccc1. The van der Waals surface area contributed by atoms with Crippen LogP contribution in [0.5, 0.6) is 0 Å². The van der Waals surface area contributed by atoms with Crippen LogP contribution in [0.1, 0.15) is 37.9 Å². The Bertz CT molecular complexity index is 647. The van der Waals surface area contributed by atoms with Crippen LogP contribution >= 0.6 is 0 Å². The van der Waals surface area contributed by atoms with Crippen molar-refractivity contribution in [3.63, 3.8) is 0 Å². The third-order valence-electron chi connectivity index (χ3n) is 3.73. The topological polar surface area (TPSA) is 70.2 Å². The molecule has 0 aliphatic rings. The van der Waals surface area contributed by atoms with Crippen LogP contribution in [0.2, 0.25) is 0 Å². The highest BCUT2D eigenvalue weighted by Gasteiger charge is 2.22. The van der Waals surface area contributed by atoms with Gasteiger partial charge in [0.2, 0.25) is 5.91 Å². The first kappa shape index (κ1) is 18.7. The second-order valence-corrected chi connectivity index (χ2v) is 6.26. The van der Waals surface area contributed by atoms with Gasteiger partial charge in [-0.05, 0) is 31.9 Å². The first-order chi connectivity index (χ1) is 12.0. The van der Waals surface area contributed by atoms with E-state index >= 15 is 0 Å². The van der Waals surface area contributed by atoms with E-state index in [1.807, 2.05) is 74.5 Å². The molecule has 0 bridgehead atoms. The van der Waals surface area contributed by atoms with Gasteiger partial charge in [-0.25, -0.2) is 4.79 Å². The lowest BCUT2D eigenvalue weighted by Crippen LogP contribution is -2.50. The van der Waals surface area contributed by atoms with Crippen LogP contribution in [0, 0.1) is 0 Å². The summed E-state index contributed by atoms with van der Waals surface area (Å²) in [6, 6.07) is 18.6. The number of imide groups is 1. The Morgan fingerprint density at radius 2 is 1.28 bits per heavy atom. The lowest BCUT2D eigenvalue weighted by Gasteiger charge is -2.24. The van der Waals surface area contributed by atoms with Crippen molar-refractivity contribution in [2.75, 3.05) is 0 Å². The Hall–Kier alpha value is -2.66. The Kier molecular flexibility index (Phi) is 6.71. The van der Waals surface area contributed by atoms with E-state index in [4.69, 9.17) is 0 Å². The molecule has 1 atom stereocenters. The maximum atomic E-state index is 12.3. The summed E-state index contributed by atoms with van der Waals surface area (Å²) in [4.78, 5) is 24.0. The number of rotatable bonds is 6. The summed E-state index contributed by atoms with van der Waals surface area (Å²) in [7, 11) is 0. The van der Waals surface area contributed by atoms with Crippen molar-refractivity contribution in [1.29, 1.82) is 0 Å². The highest BCUT2D eigenvalue weighted by Crippen LogP contribution is 2.22. The third kappa shape index (κ3) is 5.72. The summed E-state index contributed by atoms with van der Waals surface area (Å²) in [5.41, 5.74) is 2.11. The normalized spacial score (nSPS) is 12.0. The highest BCUT2D eigenvalue weighted by molar-refractivity contribution is 5.96. The van der Waals surface area contributed by atoms with Crippen molar-refractivity contribution in [1.82, 2.24) is 16.0 Å². The van der Waals surface area contributed by atoms with E-state index < -0.39 is 12.1 Å². The van der Waals surface area contributed by atoms with Gasteiger partial charge in [-0.3, -0.25) is 15.4 Å². The van der Waals surface area contributed by atoms with Gasteiger partial charge >= 0.3 is 6.03 Å². The third-order valence-corrected chi connectivity index (χ3v) is 3.73. The zero-order valence-electron chi connectivity index (χ0n) is 14.8. The molecule has 0 aliphatic carbocycles. The van der Waals surface area contributed by atoms with E-state index in [1.165, 1.54) is 0 Å². The summed E-state index contributed by atoms with van der Waals surface area (Å²) in [6.07, 6.45) is 0. The summed E-state index contributed by atoms with van der Waals surface area (Å²) >= 11 is 0. The van der Waals surface area contributed by atoms with E-state index in [9.17, 15) is 9.59 Å². The monoisotopic (exact) mass is 339 g/mol. The number of amides is 3. The fourth-order valence-corrected chi connectivity index (χ4v) is 2.52. The molecule has 3 N–H and O–H groups in total. The largest absolute Gasteiger partial charge is 0.336 e. The van der Waals surface area contributed by atoms with Crippen LogP contribution in [0.3, 0.4) is 0 Å². The number of carbonyl (C=O) groups is 2. The van der Waals surface area contributed by atoms with Crippen molar-refractivity contribution >= 4 is 11.9 Å². The quantitative estimate of drug-likeness (QED) is 0.758. The van der Waals surface area contributed by atoms with Gasteiger partial charge in [0.15, 0.2) is 0 Å². The lowest BCUT2D eigenvalue weighted by atomic mass is 9.98. The van der Waals surface area contributed by atoms with Gasteiger partial charge in [-0.2, -0.15) is 0 Å². The summed E-state index contributed by atoms with van der Waals surface area (Å²) in [5, 5.41) is 8.33. The molecule has 0 fully saturated rings. The van der Waals surface area contributed by atoms with Gasteiger partial charge in [0.1, 0.15) is 0 Å². The lowest BCUT2D eigenvalue weighted by molar-refractivity contribution is -0.121. The van der Waals surface area contributed by atoms with Gasteiger partial charge in [0, 0.05) is 6.04 Å². The van der Waals surface area contributed by atoms with E-state index in [-0.39, 0.29) is 18.0 Å². The Balaban J connectivity index is 2.11. The van der Waals surface area contributed by atoms with E-state index in [0.717, 1.165) is 11.1 Å². The Morgan fingerprint density at radius 1 is 0.800 bits per heavy atom. The average Bonchev–Trinajstić information content (AvgIpc) is 2.60. The van der Waals surface area contributed by atoms with Gasteiger partial charge < -0.3 is 5.32 Å². The molecule has 3 amide bonds. The van der Waals surface area contributed by atoms with Crippen molar-refractivity contribution in [3.05, 3.63) is 71.8 Å². The molecule has 0 saturated carbocycles. The zero-order chi connectivity index (χ0) is 18.2. The molecule has 0 aromatic heterocycles. The number of hydrogen-bond acceptors (Lipinski definition) is 3. The summed E-state index contributed by atoms with van der Waals surface area (Å²) < 4.78 is 0. The van der Waals surface area contributed by atoms with Crippen LogP contribution in [0.4, 0.5) is 4.79 Å². The number of nitrogens with one attached hydrogen (secondary N) is 3. The molecule has 0 unspecified atom stereocenters. The van der Waals surface area contributed by atoms with Crippen LogP contribution in [-0.4, -0.2) is 24.0 Å². The molecule has 2 rings (SSSR count). The van der Waals surface area contributed by atoms with Gasteiger partial charge in [0.05, 0.1) is 12.1 Å². The fraction of sp³-hybridized carbons (Fsp3) is 0.300. The fourth-order valence-electron chi connectivity index (χ4n) is 2.52. The first-order valence-corrected chi connectivity index (χ1v) is 8.44. The molecular formula is C20H25N3O2. The maximum Gasteiger partial charge on any atom is 0.321 e. The minimum atomic E-state index is -0.539. The molecule has 25 heavy (non-hydrogen) atoms. The zero-order valence-corrected chi connectivity index (χ0v) is 14.8. The number of urea groups is 1. The minimum Gasteiger partial charge on any atom is -0.336 e. The average molecular weight is 339 g/mol. The molecule has 0 aliphatic heterocycles. The molecule has 0 radical (unpaired) electrons. The molecule has 0 spiro atoms. The second kappa shape index (κ2) is 8.99. The van der Waals surface area contributed by atoms with E-state index in [1.54, 1.807) is 6.92 Å². The number of hydrogen-bond donors (Lipinski definition) is 3. The van der Waals surface area contributed by atoms with E-state index in [2.05, 4.69) is 16.0 Å². The smallest absolute Gasteiger partial charge is 0.321 e. The van der Waals surface area contributed by atoms with Gasteiger partial charge in [-0.1, -0.05) is 60.7 Å². The summed E-state index contributed by atoms with van der Waals surface area (Å²) in [5.74, 6) is -0.366. The minimum absolute atomic E-state index is 0.0301. The van der Waals surface area contributed by atoms with Crippen LogP contribution in [0.25, 0.3) is 0 Å². The molecule has 0 saturated heterocycles. The van der Waals surface area contributed by atoms with Crippen molar-refractivity contribution in [2.24, 2.45) is 0 Å². The standard InChI is InChI=1S/C20H25N3O2/c1-14(2)21-20(25)23-19(24)15(3)22-18(16-10-6-4-7-11-16)17-12-8-5-9-13-17/h4-15,18,22H,1-3H3,(H2,21,23,24,25)/t15-/m1/s1. The predicted octanol–water partition coefficient (Wildman–Crippen LogP) is 2.99. The summed E-state index contributed by atoms with van der Waals surface area (Å²) in [6.45, 7) is 5.43.